The molecule has 2 aromatic carbocycles. The number of nitrogens with zero attached hydrogens (tertiary/aromatic N) is 3. The Morgan fingerprint density at radius 2 is 1.77 bits per heavy atom. The van der Waals surface area contributed by atoms with Gasteiger partial charge in [-0.05, 0) is 63.4 Å². The minimum Gasteiger partial charge on any atom is -0.356 e. The zero-order valence-electron chi connectivity index (χ0n) is 17.9. The lowest BCUT2D eigenvalue weighted by Gasteiger charge is -2.32. The minimum absolute atomic E-state index is 0.116. The summed E-state index contributed by atoms with van der Waals surface area (Å²) in [6.07, 6.45) is 2.66. The Balaban J connectivity index is 1.24. The van der Waals surface area contributed by atoms with Crippen molar-refractivity contribution in [3.63, 3.8) is 0 Å². The summed E-state index contributed by atoms with van der Waals surface area (Å²) in [5.74, 6) is 0.664. The summed E-state index contributed by atoms with van der Waals surface area (Å²) in [6.45, 7) is 7.79. The Labute approximate surface area is 178 Å². The van der Waals surface area contributed by atoms with Crippen molar-refractivity contribution in [2.24, 2.45) is 5.92 Å². The molecule has 1 N–H and O–H groups in total. The van der Waals surface area contributed by atoms with Gasteiger partial charge < -0.3 is 5.32 Å². The fraction of sp³-hybridized carbons (Fsp3) is 0.400. The molecule has 30 heavy (non-hydrogen) atoms. The van der Waals surface area contributed by atoms with Gasteiger partial charge in [-0.15, -0.1) is 0 Å². The third kappa shape index (κ3) is 5.22. The number of rotatable bonds is 6. The summed E-state index contributed by atoms with van der Waals surface area (Å²) in [7, 11) is 0. The number of fused-ring (bicyclic) bond motifs is 1. The number of para-hydroxylation sites is 2. The topological polar surface area (TPSA) is 58.1 Å². The lowest BCUT2D eigenvalue weighted by atomic mass is 9.96. The number of piperidine rings is 1. The zero-order valence-corrected chi connectivity index (χ0v) is 17.9. The highest BCUT2D eigenvalue weighted by atomic mass is 16.1. The van der Waals surface area contributed by atoms with Gasteiger partial charge in [-0.3, -0.25) is 9.69 Å². The van der Waals surface area contributed by atoms with Crippen molar-refractivity contribution < 1.29 is 4.79 Å². The first-order valence-electron chi connectivity index (χ1n) is 10.8. The molecule has 1 aliphatic rings. The quantitative estimate of drug-likeness (QED) is 0.681. The predicted molar refractivity (Wildman–Crippen MR) is 120 cm³/mol. The van der Waals surface area contributed by atoms with Crippen LogP contribution in [0.15, 0.2) is 48.5 Å². The van der Waals surface area contributed by atoms with E-state index in [1.54, 1.807) is 0 Å². The van der Waals surface area contributed by atoms with E-state index >= 15 is 0 Å². The molecule has 2 heterocycles. The highest BCUT2D eigenvalue weighted by Crippen LogP contribution is 2.20. The Morgan fingerprint density at radius 1 is 1.03 bits per heavy atom. The number of benzene rings is 2. The molecule has 1 aromatic heterocycles. The van der Waals surface area contributed by atoms with Crippen LogP contribution in [-0.4, -0.2) is 40.4 Å². The average molecular weight is 403 g/mol. The lowest BCUT2D eigenvalue weighted by molar-refractivity contribution is -0.120. The Bertz CT molecular complexity index is 1020. The second kappa shape index (κ2) is 9.35. The van der Waals surface area contributed by atoms with Gasteiger partial charge >= 0.3 is 0 Å². The summed E-state index contributed by atoms with van der Waals surface area (Å²) < 4.78 is 0. The van der Waals surface area contributed by atoms with Gasteiger partial charge in [-0.25, -0.2) is 9.97 Å². The van der Waals surface area contributed by atoms with Crippen molar-refractivity contribution >= 4 is 16.9 Å². The molecule has 4 rings (SSSR count). The van der Waals surface area contributed by atoms with Gasteiger partial charge in [0.2, 0.25) is 5.91 Å². The number of hydrogen-bond donors (Lipinski definition) is 1. The standard InChI is InChI=1S/C25H30N4O/c1-18-6-5-7-21(14-18)15-25(30)26-16-20-10-12-29(13-11-20)17-24-19(2)27-22-8-3-4-9-23(22)28-24/h3-9,14,20H,10-13,15-17H2,1-2H3,(H,26,30). The van der Waals surface area contributed by atoms with Crippen LogP contribution in [-0.2, 0) is 17.8 Å². The van der Waals surface area contributed by atoms with E-state index in [-0.39, 0.29) is 5.91 Å². The van der Waals surface area contributed by atoms with Crippen molar-refractivity contribution in [1.29, 1.82) is 0 Å². The van der Waals surface area contributed by atoms with E-state index in [9.17, 15) is 4.79 Å². The molecule has 0 radical (unpaired) electrons. The highest BCUT2D eigenvalue weighted by molar-refractivity contribution is 5.78. The van der Waals surface area contributed by atoms with Crippen molar-refractivity contribution in [2.45, 2.75) is 39.7 Å². The molecule has 5 heteroatoms. The summed E-state index contributed by atoms with van der Waals surface area (Å²) in [4.78, 5) is 24.3. The smallest absolute Gasteiger partial charge is 0.224 e. The van der Waals surface area contributed by atoms with E-state index in [1.165, 1.54) is 5.56 Å². The molecule has 156 valence electrons. The van der Waals surface area contributed by atoms with Gasteiger partial charge in [-0.2, -0.15) is 0 Å². The fourth-order valence-electron chi connectivity index (χ4n) is 4.16. The molecular weight excluding hydrogens is 372 g/mol. The minimum atomic E-state index is 0.116. The Morgan fingerprint density at radius 3 is 2.50 bits per heavy atom. The van der Waals surface area contributed by atoms with Crippen LogP contribution < -0.4 is 5.32 Å². The van der Waals surface area contributed by atoms with Crippen LogP contribution in [0.2, 0.25) is 0 Å². The molecule has 0 aliphatic carbocycles. The second-order valence-corrected chi connectivity index (χ2v) is 8.43. The zero-order chi connectivity index (χ0) is 20.9. The summed E-state index contributed by atoms with van der Waals surface area (Å²) in [6, 6.07) is 16.2. The Hall–Kier alpha value is -2.79. The van der Waals surface area contributed by atoms with Gasteiger partial charge in [0.1, 0.15) is 0 Å². The van der Waals surface area contributed by atoms with E-state index in [1.807, 2.05) is 43.3 Å². The predicted octanol–water partition coefficient (Wildman–Crippen LogP) is 3.82. The number of amides is 1. The van der Waals surface area contributed by atoms with Gasteiger partial charge in [0.05, 0.1) is 28.8 Å². The van der Waals surface area contributed by atoms with Gasteiger partial charge in [0.15, 0.2) is 0 Å². The first kappa shape index (κ1) is 20.5. The molecule has 0 atom stereocenters. The number of carbonyl (C=O) groups excluding carboxylic acids is 1. The molecule has 0 saturated carbocycles. The number of aryl methyl sites for hydroxylation is 2. The number of carbonyl (C=O) groups is 1. The molecule has 1 saturated heterocycles. The van der Waals surface area contributed by atoms with Crippen molar-refractivity contribution in [3.05, 3.63) is 71.0 Å². The first-order valence-corrected chi connectivity index (χ1v) is 10.8. The van der Waals surface area contributed by atoms with Crippen LogP contribution in [0.1, 0.15) is 35.4 Å². The van der Waals surface area contributed by atoms with Crippen LogP contribution in [0.4, 0.5) is 0 Å². The summed E-state index contributed by atoms with van der Waals surface area (Å²) in [5.41, 5.74) is 6.27. The van der Waals surface area contributed by atoms with E-state index in [4.69, 9.17) is 9.97 Å². The number of hydrogen-bond acceptors (Lipinski definition) is 4. The molecule has 3 aromatic rings. The Kier molecular flexibility index (Phi) is 6.38. The summed E-state index contributed by atoms with van der Waals surface area (Å²) >= 11 is 0. The lowest BCUT2D eigenvalue weighted by Crippen LogP contribution is -2.39. The van der Waals surface area contributed by atoms with Crippen LogP contribution in [0.5, 0.6) is 0 Å². The fourth-order valence-corrected chi connectivity index (χ4v) is 4.16. The van der Waals surface area contributed by atoms with E-state index in [0.717, 1.165) is 67.0 Å². The highest BCUT2D eigenvalue weighted by Gasteiger charge is 2.21. The number of aromatic nitrogens is 2. The first-order chi connectivity index (χ1) is 14.6. The molecule has 0 unspecified atom stereocenters. The van der Waals surface area contributed by atoms with Crippen LogP contribution >= 0.6 is 0 Å². The van der Waals surface area contributed by atoms with Gasteiger partial charge in [0, 0.05) is 13.1 Å². The van der Waals surface area contributed by atoms with Gasteiger partial charge in [-0.1, -0.05) is 42.0 Å². The second-order valence-electron chi connectivity index (χ2n) is 8.43. The third-order valence-corrected chi connectivity index (χ3v) is 5.96. The van der Waals surface area contributed by atoms with Crippen molar-refractivity contribution in [2.75, 3.05) is 19.6 Å². The van der Waals surface area contributed by atoms with Gasteiger partial charge in [0.25, 0.3) is 0 Å². The molecule has 1 fully saturated rings. The van der Waals surface area contributed by atoms with Crippen LogP contribution in [0.25, 0.3) is 11.0 Å². The molecule has 5 nitrogen and oxygen atoms in total. The van der Waals surface area contributed by atoms with Crippen molar-refractivity contribution in [1.82, 2.24) is 20.2 Å². The van der Waals surface area contributed by atoms with E-state index < -0.39 is 0 Å². The molecule has 1 amide bonds. The molecule has 0 bridgehead atoms. The number of nitrogens with one attached hydrogen (secondary N) is 1. The third-order valence-electron chi connectivity index (χ3n) is 5.96. The van der Waals surface area contributed by atoms with E-state index in [0.29, 0.717) is 12.3 Å². The monoisotopic (exact) mass is 402 g/mol. The maximum Gasteiger partial charge on any atom is 0.224 e. The number of likely N-dealkylation sites (tertiary alicyclic amines) is 1. The normalized spacial score (nSPS) is 15.4. The maximum absolute atomic E-state index is 12.3. The SMILES string of the molecule is Cc1cccc(CC(=O)NCC2CCN(Cc3nc4ccccc4nc3C)CC2)c1. The maximum atomic E-state index is 12.3. The average Bonchev–Trinajstić information content (AvgIpc) is 2.74. The van der Waals surface area contributed by atoms with Crippen LogP contribution in [0, 0.1) is 19.8 Å². The largest absolute Gasteiger partial charge is 0.356 e. The molecule has 1 aliphatic heterocycles. The molecular formula is C25H30N4O. The molecule has 0 spiro atoms. The van der Waals surface area contributed by atoms with Crippen LogP contribution in [0.3, 0.4) is 0 Å². The summed E-state index contributed by atoms with van der Waals surface area (Å²) in [5, 5.41) is 3.13. The van der Waals surface area contributed by atoms with E-state index in [2.05, 4.69) is 29.3 Å². The van der Waals surface area contributed by atoms with Crippen molar-refractivity contribution in [3.8, 4) is 0 Å².